The minimum absolute atomic E-state index is 0.297. The molecule has 0 amide bonds. The molecular formula is C12H14N4O3S. The van der Waals surface area contributed by atoms with Crippen molar-refractivity contribution < 1.29 is 9.53 Å². The van der Waals surface area contributed by atoms with Gasteiger partial charge in [-0.15, -0.1) is 5.10 Å². The molecule has 106 valence electrons. The van der Waals surface area contributed by atoms with Gasteiger partial charge in [0.25, 0.3) is 0 Å². The zero-order valence-electron chi connectivity index (χ0n) is 11.0. The molecule has 0 bridgehead atoms. The maximum absolute atomic E-state index is 11.6. The topological polar surface area (TPSA) is 103 Å². The highest BCUT2D eigenvalue weighted by Crippen LogP contribution is 2.30. The van der Waals surface area contributed by atoms with Crippen molar-refractivity contribution in [1.29, 1.82) is 0 Å². The number of ether oxygens (including phenoxy) is 1. The van der Waals surface area contributed by atoms with Gasteiger partial charge < -0.3 is 10.5 Å². The highest BCUT2D eigenvalue weighted by atomic mass is 32.2. The van der Waals surface area contributed by atoms with Gasteiger partial charge in [-0.25, -0.2) is 14.7 Å². The second-order valence-corrected chi connectivity index (χ2v) is 4.95. The fourth-order valence-electron chi connectivity index (χ4n) is 1.50. The van der Waals surface area contributed by atoms with E-state index in [2.05, 4.69) is 10.2 Å². The standard InChI is InChI=1S/C12H14N4O3S/c1-3-19-10(17)7-4-5-9(8(13)6-7)20-12-15-14-11(18)16(12)2/h4-6H,3,13H2,1-2H3,(H,14,18). The smallest absolute Gasteiger partial charge is 0.343 e. The van der Waals surface area contributed by atoms with Crippen LogP contribution in [-0.2, 0) is 11.8 Å². The van der Waals surface area contributed by atoms with Gasteiger partial charge in [-0.1, -0.05) is 0 Å². The van der Waals surface area contributed by atoms with Gasteiger partial charge in [0, 0.05) is 17.6 Å². The summed E-state index contributed by atoms with van der Waals surface area (Å²) in [6, 6.07) is 4.87. The van der Waals surface area contributed by atoms with E-state index in [0.717, 1.165) is 0 Å². The zero-order valence-corrected chi connectivity index (χ0v) is 11.9. The molecule has 0 saturated heterocycles. The highest BCUT2D eigenvalue weighted by molar-refractivity contribution is 7.99. The van der Waals surface area contributed by atoms with Crippen LogP contribution >= 0.6 is 11.8 Å². The Bertz CT molecular complexity index is 692. The molecular weight excluding hydrogens is 280 g/mol. The number of hydrogen-bond donors (Lipinski definition) is 2. The molecule has 0 aliphatic carbocycles. The second-order valence-electron chi connectivity index (χ2n) is 3.95. The summed E-state index contributed by atoms with van der Waals surface area (Å²) in [6.07, 6.45) is 0. The Morgan fingerprint density at radius 2 is 2.30 bits per heavy atom. The zero-order chi connectivity index (χ0) is 14.7. The van der Waals surface area contributed by atoms with Gasteiger partial charge in [-0.3, -0.25) is 4.57 Å². The predicted molar refractivity (Wildman–Crippen MR) is 74.8 cm³/mol. The van der Waals surface area contributed by atoms with Gasteiger partial charge in [0.2, 0.25) is 0 Å². The van der Waals surface area contributed by atoms with E-state index in [9.17, 15) is 9.59 Å². The second kappa shape index (κ2) is 5.83. The number of carbonyl (C=O) groups is 1. The number of benzene rings is 1. The van der Waals surface area contributed by atoms with Gasteiger partial charge in [0.1, 0.15) is 0 Å². The molecule has 2 rings (SSSR count). The van der Waals surface area contributed by atoms with Crippen molar-refractivity contribution in [2.24, 2.45) is 7.05 Å². The monoisotopic (exact) mass is 294 g/mol. The van der Waals surface area contributed by atoms with Crippen molar-refractivity contribution in [1.82, 2.24) is 14.8 Å². The quantitative estimate of drug-likeness (QED) is 0.644. The van der Waals surface area contributed by atoms with Crippen LogP contribution in [0.2, 0.25) is 0 Å². The lowest BCUT2D eigenvalue weighted by Gasteiger charge is -2.07. The van der Waals surface area contributed by atoms with Crippen molar-refractivity contribution in [2.45, 2.75) is 17.0 Å². The van der Waals surface area contributed by atoms with Crippen LogP contribution in [0.15, 0.2) is 33.0 Å². The number of esters is 1. The normalized spacial score (nSPS) is 10.5. The maximum atomic E-state index is 11.6. The Morgan fingerprint density at radius 1 is 1.55 bits per heavy atom. The first-order valence-corrected chi connectivity index (χ1v) is 6.70. The summed E-state index contributed by atoms with van der Waals surface area (Å²) in [5, 5.41) is 6.72. The number of nitrogens with two attached hydrogens (primary N) is 1. The van der Waals surface area contributed by atoms with Crippen molar-refractivity contribution in [3.8, 4) is 0 Å². The molecule has 1 aromatic carbocycles. The average molecular weight is 294 g/mol. The molecule has 8 heteroatoms. The number of nitrogens with zero attached hydrogens (tertiary/aromatic N) is 2. The molecule has 0 radical (unpaired) electrons. The summed E-state index contributed by atoms with van der Waals surface area (Å²) in [7, 11) is 1.61. The van der Waals surface area contributed by atoms with Crippen LogP contribution in [0.3, 0.4) is 0 Å². The van der Waals surface area contributed by atoms with Gasteiger partial charge in [0.15, 0.2) is 5.16 Å². The third kappa shape index (κ3) is 2.85. The number of aromatic nitrogens is 3. The molecule has 1 aromatic heterocycles. The van der Waals surface area contributed by atoms with Gasteiger partial charge in [-0.05, 0) is 36.9 Å². The number of nitrogens with one attached hydrogen (secondary N) is 1. The van der Waals surface area contributed by atoms with E-state index in [1.807, 2.05) is 0 Å². The Hall–Kier alpha value is -2.22. The molecule has 0 aliphatic heterocycles. The molecule has 0 spiro atoms. The summed E-state index contributed by atoms with van der Waals surface area (Å²) < 4.78 is 6.28. The van der Waals surface area contributed by atoms with Crippen LogP contribution in [-0.4, -0.2) is 27.3 Å². The van der Waals surface area contributed by atoms with Gasteiger partial charge in [0.05, 0.1) is 12.2 Å². The first-order valence-electron chi connectivity index (χ1n) is 5.88. The van der Waals surface area contributed by atoms with E-state index in [-0.39, 0.29) is 5.69 Å². The minimum atomic E-state index is -0.414. The molecule has 0 saturated carbocycles. The van der Waals surface area contributed by atoms with Crippen LogP contribution in [0, 0.1) is 0 Å². The van der Waals surface area contributed by atoms with Crippen LogP contribution in [0.25, 0.3) is 0 Å². The van der Waals surface area contributed by atoms with Crippen LogP contribution in [0.4, 0.5) is 5.69 Å². The predicted octanol–water partition coefficient (Wildman–Crippen LogP) is 1.02. The van der Waals surface area contributed by atoms with Gasteiger partial charge >= 0.3 is 11.7 Å². The fraction of sp³-hybridized carbons (Fsp3) is 0.250. The molecule has 2 aromatic rings. The lowest BCUT2D eigenvalue weighted by Crippen LogP contribution is -2.12. The summed E-state index contributed by atoms with van der Waals surface area (Å²) in [5.74, 6) is -0.414. The van der Waals surface area contributed by atoms with E-state index in [0.29, 0.717) is 27.9 Å². The highest BCUT2D eigenvalue weighted by Gasteiger charge is 2.12. The summed E-state index contributed by atoms with van der Waals surface area (Å²) in [6.45, 7) is 2.05. The van der Waals surface area contributed by atoms with Crippen LogP contribution in [0.5, 0.6) is 0 Å². The van der Waals surface area contributed by atoms with E-state index in [4.69, 9.17) is 10.5 Å². The fourth-order valence-corrected chi connectivity index (χ4v) is 2.33. The minimum Gasteiger partial charge on any atom is -0.462 e. The van der Waals surface area contributed by atoms with E-state index >= 15 is 0 Å². The summed E-state index contributed by atoms with van der Waals surface area (Å²) >= 11 is 1.24. The SMILES string of the molecule is CCOC(=O)c1ccc(Sc2n[nH]c(=O)n2C)c(N)c1. The summed E-state index contributed by atoms with van der Waals surface area (Å²) in [4.78, 5) is 23.6. The lowest BCUT2D eigenvalue weighted by molar-refractivity contribution is 0.0526. The van der Waals surface area contributed by atoms with E-state index in [1.165, 1.54) is 16.3 Å². The third-order valence-electron chi connectivity index (χ3n) is 2.56. The molecule has 20 heavy (non-hydrogen) atoms. The maximum Gasteiger partial charge on any atom is 0.343 e. The van der Waals surface area contributed by atoms with Crippen LogP contribution in [0.1, 0.15) is 17.3 Å². The van der Waals surface area contributed by atoms with E-state index in [1.54, 1.807) is 32.2 Å². The third-order valence-corrected chi connectivity index (χ3v) is 3.70. The molecule has 0 aliphatic rings. The Balaban J connectivity index is 2.24. The van der Waals surface area contributed by atoms with Crippen molar-refractivity contribution in [2.75, 3.05) is 12.3 Å². The number of H-pyrrole nitrogens is 1. The molecule has 0 atom stereocenters. The number of carbonyl (C=O) groups excluding carboxylic acids is 1. The summed E-state index contributed by atoms with van der Waals surface area (Å²) in [5.41, 5.74) is 6.43. The molecule has 3 N–H and O–H groups in total. The molecule has 0 fully saturated rings. The Kier molecular flexibility index (Phi) is 4.14. The first kappa shape index (κ1) is 14.2. The van der Waals surface area contributed by atoms with Crippen molar-refractivity contribution in [3.63, 3.8) is 0 Å². The first-order chi connectivity index (χ1) is 9.52. The number of anilines is 1. The molecule has 0 unspecified atom stereocenters. The largest absolute Gasteiger partial charge is 0.462 e. The molecule has 1 heterocycles. The number of rotatable bonds is 4. The van der Waals surface area contributed by atoms with Gasteiger partial charge in [-0.2, -0.15) is 0 Å². The lowest BCUT2D eigenvalue weighted by atomic mass is 10.2. The van der Waals surface area contributed by atoms with Crippen molar-refractivity contribution >= 4 is 23.4 Å². The molecule has 7 nitrogen and oxygen atoms in total. The number of nitrogen functional groups attached to an aromatic ring is 1. The Morgan fingerprint density at radius 3 is 2.85 bits per heavy atom. The Labute approximate surface area is 119 Å². The van der Waals surface area contributed by atoms with Crippen molar-refractivity contribution in [3.05, 3.63) is 34.2 Å². The number of hydrogen-bond acceptors (Lipinski definition) is 6. The van der Waals surface area contributed by atoms with Crippen LogP contribution < -0.4 is 11.4 Å². The van der Waals surface area contributed by atoms with E-state index < -0.39 is 5.97 Å². The number of aromatic amines is 1. The average Bonchev–Trinajstić information content (AvgIpc) is 2.73.